The predicted molar refractivity (Wildman–Crippen MR) is 43.2 cm³/mol. The van der Waals surface area contributed by atoms with Crippen LogP contribution in [0.15, 0.2) is 0 Å². The van der Waals surface area contributed by atoms with E-state index in [1.165, 1.54) is 11.3 Å². The normalized spacial score (nSPS) is 10.0. The van der Waals surface area contributed by atoms with Gasteiger partial charge < -0.3 is 5.11 Å². The number of hydrogen-bond acceptors (Lipinski definition) is 3. The molecule has 1 heterocycles. The third-order valence-electron chi connectivity index (χ3n) is 1.07. The van der Waals surface area contributed by atoms with Gasteiger partial charge in [-0.2, -0.15) is 0 Å². The number of nitrogens with zero attached hydrogens (tertiary/aromatic N) is 1. The highest BCUT2D eigenvalue weighted by atomic mass is 35.5. The van der Waals surface area contributed by atoms with Crippen LogP contribution in [0.5, 0.6) is 0 Å². The number of thiazole rings is 1. The van der Waals surface area contributed by atoms with Crippen molar-refractivity contribution in [3.63, 3.8) is 0 Å². The molecule has 0 amide bonds. The number of halogens is 1. The molecule has 0 saturated carbocycles. The van der Waals surface area contributed by atoms with Gasteiger partial charge in [-0.1, -0.05) is 11.6 Å². The van der Waals surface area contributed by atoms with Crippen molar-refractivity contribution in [1.82, 2.24) is 4.98 Å². The van der Waals surface area contributed by atoms with Crippen molar-refractivity contribution in [1.29, 1.82) is 0 Å². The monoisotopic (exact) mass is 191 g/mol. The van der Waals surface area contributed by atoms with Crippen molar-refractivity contribution in [3.8, 4) is 0 Å². The van der Waals surface area contributed by atoms with Crippen molar-refractivity contribution in [2.45, 2.75) is 13.3 Å². The van der Waals surface area contributed by atoms with Gasteiger partial charge in [-0.3, -0.25) is 4.79 Å². The van der Waals surface area contributed by atoms with Crippen LogP contribution in [0.3, 0.4) is 0 Å². The zero-order valence-electron chi connectivity index (χ0n) is 5.80. The van der Waals surface area contributed by atoms with Gasteiger partial charge in [0.25, 0.3) is 0 Å². The first-order valence-corrected chi connectivity index (χ1v) is 4.12. The quantitative estimate of drug-likeness (QED) is 0.775. The summed E-state index contributed by atoms with van der Waals surface area (Å²) in [6.45, 7) is 1.79. The zero-order chi connectivity index (χ0) is 8.43. The highest BCUT2D eigenvalue weighted by Crippen LogP contribution is 2.22. The molecular formula is C6H6ClNO2S. The van der Waals surface area contributed by atoms with E-state index in [9.17, 15) is 4.79 Å². The third-order valence-corrected chi connectivity index (χ3v) is 2.46. The Hall–Kier alpha value is -0.610. The maximum atomic E-state index is 10.3. The minimum Gasteiger partial charge on any atom is -0.481 e. The molecule has 0 radical (unpaired) electrons. The average Bonchev–Trinajstić information content (AvgIpc) is 2.09. The Morgan fingerprint density at radius 3 is 2.82 bits per heavy atom. The third kappa shape index (κ3) is 2.17. The maximum absolute atomic E-state index is 10.3. The highest BCUT2D eigenvalue weighted by molar-refractivity contribution is 7.12. The fourth-order valence-corrected chi connectivity index (χ4v) is 1.87. The Balaban J connectivity index is 2.85. The van der Waals surface area contributed by atoms with E-state index in [0.717, 1.165) is 5.01 Å². The van der Waals surface area contributed by atoms with Gasteiger partial charge in [0, 0.05) is 0 Å². The van der Waals surface area contributed by atoms with Crippen LogP contribution in [0.4, 0.5) is 0 Å². The molecule has 1 aromatic heterocycles. The molecule has 1 N–H and O–H groups in total. The van der Waals surface area contributed by atoms with Gasteiger partial charge in [-0.15, -0.1) is 11.3 Å². The smallest absolute Gasteiger partial charge is 0.308 e. The van der Waals surface area contributed by atoms with E-state index in [1.807, 2.05) is 0 Å². The van der Waals surface area contributed by atoms with E-state index in [4.69, 9.17) is 16.7 Å². The van der Waals surface area contributed by atoms with E-state index in [-0.39, 0.29) is 6.42 Å². The van der Waals surface area contributed by atoms with E-state index in [0.29, 0.717) is 10.0 Å². The number of hydrogen-bond donors (Lipinski definition) is 1. The Morgan fingerprint density at radius 1 is 1.82 bits per heavy atom. The van der Waals surface area contributed by atoms with Crippen LogP contribution >= 0.6 is 22.9 Å². The van der Waals surface area contributed by atoms with E-state index >= 15 is 0 Å². The van der Waals surface area contributed by atoms with Gasteiger partial charge in [0.05, 0.1) is 16.3 Å². The summed E-state index contributed by atoms with van der Waals surface area (Å²) in [5.74, 6) is -0.879. The lowest BCUT2D eigenvalue weighted by Gasteiger charge is -1.87. The number of aliphatic carboxylic acids is 1. The summed E-state index contributed by atoms with van der Waals surface area (Å²) in [5.41, 5.74) is 0. The second-order valence-electron chi connectivity index (χ2n) is 2.02. The fourth-order valence-electron chi connectivity index (χ4n) is 0.690. The fraction of sp³-hybridized carbons (Fsp3) is 0.333. The first kappa shape index (κ1) is 8.49. The SMILES string of the molecule is Cc1nc(Cl)c(CC(=O)O)s1. The molecule has 0 aliphatic carbocycles. The second-order valence-corrected chi connectivity index (χ2v) is 3.66. The van der Waals surface area contributed by atoms with Crippen LogP contribution in [0, 0.1) is 6.92 Å². The number of rotatable bonds is 2. The van der Waals surface area contributed by atoms with Crippen LogP contribution in [-0.4, -0.2) is 16.1 Å². The first-order chi connectivity index (χ1) is 5.09. The van der Waals surface area contributed by atoms with Crippen molar-refractivity contribution in [2.75, 3.05) is 0 Å². The summed E-state index contributed by atoms with van der Waals surface area (Å²) in [7, 11) is 0. The number of carbonyl (C=O) groups is 1. The predicted octanol–water partition coefficient (Wildman–Crippen LogP) is 1.73. The molecule has 3 nitrogen and oxygen atoms in total. The summed E-state index contributed by atoms with van der Waals surface area (Å²) in [4.78, 5) is 14.8. The molecule has 0 bridgehead atoms. The molecule has 0 aromatic carbocycles. The zero-order valence-corrected chi connectivity index (χ0v) is 7.37. The molecule has 0 aliphatic rings. The molecule has 5 heteroatoms. The van der Waals surface area contributed by atoms with Crippen LogP contribution in [0.25, 0.3) is 0 Å². The molecule has 1 rings (SSSR count). The molecule has 0 spiro atoms. The van der Waals surface area contributed by atoms with Gasteiger partial charge in [0.2, 0.25) is 0 Å². The molecule has 0 unspecified atom stereocenters. The van der Waals surface area contributed by atoms with Crippen molar-refractivity contribution in [3.05, 3.63) is 15.0 Å². The van der Waals surface area contributed by atoms with Crippen LogP contribution in [0.2, 0.25) is 5.15 Å². The van der Waals surface area contributed by atoms with Crippen molar-refractivity contribution >= 4 is 28.9 Å². The molecular weight excluding hydrogens is 186 g/mol. The van der Waals surface area contributed by atoms with Crippen LogP contribution in [0.1, 0.15) is 9.88 Å². The molecule has 1 aromatic rings. The highest BCUT2D eigenvalue weighted by Gasteiger charge is 2.09. The van der Waals surface area contributed by atoms with Gasteiger partial charge in [-0.05, 0) is 6.92 Å². The summed E-state index contributed by atoms with van der Waals surface area (Å²) in [6, 6.07) is 0. The number of aryl methyl sites for hydroxylation is 1. The Bertz CT molecular complexity index is 284. The summed E-state index contributed by atoms with van der Waals surface area (Å²) in [5, 5.41) is 9.53. The van der Waals surface area contributed by atoms with Gasteiger partial charge in [-0.25, -0.2) is 4.98 Å². The molecule has 0 aliphatic heterocycles. The van der Waals surface area contributed by atoms with Crippen LogP contribution < -0.4 is 0 Å². The minimum absolute atomic E-state index is 0.0374. The van der Waals surface area contributed by atoms with E-state index < -0.39 is 5.97 Å². The van der Waals surface area contributed by atoms with Gasteiger partial charge >= 0.3 is 5.97 Å². The van der Waals surface area contributed by atoms with Crippen molar-refractivity contribution < 1.29 is 9.90 Å². The number of carboxylic acids is 1. The largest absolute Gasteiger partial charge is 0.481 e. The molecule has 0 fully saturated rings. The van der Waals surface area contributed by atoms with Crippen molar-refractivity contribution in [2.24, 2.45) is 0 Å². The minimum atomic E-state index is -0.879. The molecule has 0 atom stereocenters. The van der Waals surface area contributed by atoms with Gasteiger partial charge in [0.1, 0.15) is 5.15 Å². The second kappa shape index (κ2) is 3.19. The molecule has 0 saturated heterocycles. The van der Waals surface area contributed by atoms with Crippen LogP contribution in [-0.2, 0) is 11.2 Å². The Kier molecular flexibility index (Phi) is 2.46. The Labute approximate surface area is 72.6 Å². The first-order valence-electron chi connectivity index (χ1n) is 2.93. The summed E-state index contributed by atoms with van der Waals surface area (Å²) >= 11 is 6.94. The van der Waals surface area contributed by atoms with Gasteiger partial charge in [0.15, 0.2) is 0 Å². The lowest BCUT2D eigenvalue weighted by atomic mass is 10.4. The lowest BCUT2D eigenvalue weighted by Crippen LogP contribution is -1.97. The number of aromatic nitrogens is 1. The lowest BCUT2D eigenvalue weighted by molar-refractivity contribution is -0.136. The maximum Gasteiger partial charge on any atom is 0.308 e. The Morgan fingerprint density at radius 2 is 2.45 bits per heavy atom. The standard InChI is InChI=1S/C6H6ClNO2S/c1-3-8-6(7)4(11-3)2-5(9)10/h2H2,1H3,(H,9,10). The topological polar surface area (TPSA) is 50.2 Å². The molecule has 11 heavy (non-hydrogen) atoms. The average molecular weight is 192 g/mol. The summed E-state index contributed by atoms with van der Waals surface area (Å²) in [6.07, 6.45) is -0.0374. The summed E-state index contributed by atoms with van der Waals surface area (Å²) < 4.78 is 0. The van der Waals surface area contributed by atoms with E-state index in [1.54, 1.807) is 6.92 Å². The molecule has 60 valence electrons. The van der Waals surface area contributed by atoms with E-state index in [2.05, 4.69) is 4.98 Å². The number of carboxylic acid groups (broad SMARTS) is 1.